The molecule has 1 amide bonds. The molecule has 0 unspecified atom stereocenters. The molecule has 1 N–H and O–H groups in total. The highest BCUT2D eigenvalue weighted by Crippen LogP contribution is 2.25. The first-order chi connectivity index (χ1) is 13.0. The molecular formula is C21H20N4O2. The van der Waals surface area contributed by atoms with Crippen molar-refractivity contribution in [1.29, 1.82) is 0 Å². The fourth-order valence-corrected chi connectivity index (χ4v) is 3.13. The van der Waals surface area contributed by atoms with Crippen LogP contribution in [0.25, 0.3) is 16.7 Å². The van der Waals surface area contributed by atoms with Gasteiger partial charge in [-0.25, -0.2) is 9.67 Å². The molecule has 136 valence electrons. The summed E-state index contributed by atoms with van der Waals surface area (Å²) in [6.07, 6.45) is 1.59. The predicted octanol–water partition coefficient (Wildman–Crippen LogP) is 3.87. The molecule has 1 aromatic carbocycles. The summed E-state index contributed by atoms with van der Waals surface area (Å²) in [7, 11) is 0. The highest BCUT2D eigenvalue weighted by molar-refractivity contribution is 6.06. The summed E-state index contributed by atoms with van der Waals surface area (Å²) >= 11 is 0. The Labute approximate surface area is 156 Å². The first-order valence-electron chi connectivity index (χ1n) is 8.77. The average Bonchev–Trinajstić information content (AvgIpc) is 3.28. The molecular weight excluding hydrogens is 340 g/mol. The number of carbonyl (C=O) groups excluding carboxylic acids is 1. The fourth-order valence-electron chi connectivity index (χ4n) is 3.13. The van der Waals surface area contributed by atoms with Gasteiger partial charge in [0.25, 0.3) is 5.91 Å². The van der Waals surface area contributed by atoms with Crippen LogP contribution in [0.1, 0.15) is 33.1 Å². The van der Waals surface area contributed by atoms with E-state index >= 15 is 0 Å². The highest BCUT2D eigenvalue weighted by atomic mass is 16.3. The third kappa shape index (κ3) is 3.21. The molecule has 3 heterocycles. The number of hydrogen-bond donors (Lipinski definition) is 1. The van der Waals surface area contributed by atoms with Crippen molar-refractivity contribution in [2.24, 2.45) is 0 Å². The maximum Gasteiger partial charge on any atom is 0.252 e. The third-order valence-corrected chi connectivity index (χ3v) is 4.47. The van der Waals surface area contributed by atoms with E-state index < -0.39 is 0 Å². The van der Waals surface area contributed by atoms with E-state index in [1.165, 1.54) is 5.56 Å². The first-order valence-corrected chi connectivity index (χ1v) is 8.77. The van der Waals surface area contributed by atoms with E-state index in [0.717, 1.165) is 22.5 Å². The first kappa shape index (κ1) is 17.0. The van der Waals surface area contributed by atoms with Crippen LogP contribution >= 0.6 is 0 Å². The van der Waals surface area contributed by atoms with Crippen LogP contribution in [0.5, 0.6) is 0 Å². The lowest BCUT2D eigenvalue weighted by Crippen LogP contribution is -2.23. The maximum atomic E-state index is 12.8. The van der Waals surface area contributed by atoms with E-state index in [1.807, 2.05) is 51.1 Å². The van der Waals surface area contributed by atoms with Crippen molar-refractivity contribution in [3.8, 4) is 5.69 Å². The second-order valence-electron chi connectivity index (χ2n) is 6.60. The van der Waals surface area contributed by atoms with Crippen LogP contribution < -0.4 is 5.32 Å². The van der Waals surface area contributed by atoms with E-state index in [9.17, 15) is 4.79 Å². The number of aromatic nitrogens is 3. The van der Waals surface area contributed by atoms with Gasteiger partial charge in [-0.1, -0.05) is 17.7 Å². The standard InChI is InChI=1S/C21H20N4O2/c1-13-6-8-16(9-7-13)25-20-19(15(3)24-25)18(11-14(2)23-20)21(26)22-12-17-5-4-10-27-17/h4-11H,12H2,1-3H3,(H,22,26). The largest absolute Gasteiger partial charge is 0.467 e. The van der Waals surface area contributed by atoms with Crippen LogP contribution in [0.3, 0.4) is 0 Å². The summed E-state index contributed by atoms with van der Waals surface area (Å²) in [5.41, 5.74) is 4.87. The molecule has 4 rings (SSSR count). The van der Waals surface area contributed by atoms with Gasteiger partial charge in [0.1, 0.15) is 5.76 Å². The number of nitrogens with one attached hydrogen (secondary N) is 1. The van der Waals surface area contributed by atoms with Gasteiger partial charge in [-0.3, -0.25) is 4.79 Å². The summed E-state index contributed by atoms with van der Waals surface area (Å²) < 4.78 is 7.07. The van der Waals surface area contributed by atoms with Crippen molar-refractivity contribution < 1.29 is 9.21 Å². The summed E-state index contributed by atoms with van der Waals surface area (Å²) in [6.45, 7) is 6.15. The molecule has 0 atom stereocenters. The number of furan rings is 1. The van der Waals surface area contributed by atoms with Crippen molar-refractivity contribution >= 4 is 16.9 Å². The van der Waals surface area contributed by atoms with Crippen molar-refractivity contribution in [3.63, 3.8) is 0 Å². The molecule has 0 fully saturated rings. The highest BCUT2D eigenvalue weighted by Gasteiger charge is 2.19. The fraction of sp³-hybridized carbons (Fsp3) is 0.190. The number of benzene rings is 1. The number of aryl methyl sites for hydroxylation is 3. The number of hydrogen-bond acceptors (Lipinski definition) is 4. The minimum absolute atomic E-state index is 0.173. The Kier molecular flexibility index (Phi) is 4.24. The quantitative estimate of drug-likeness (QED) is 0.600. The van der Waals surface area contributed by atoms with Crippen LogP contribution in [0.2, 0.25) is 0 Å². The second-order valence-corrected chi connectivity index (χ2v) is 6.60. The Bertz CT molecular complexity index is 1110. The lowest BCUT2D eigenvalue weighted by atomic mass is 10.1. The minimum atomic E-state index is -0.173. The van der Waals surface area contributed by atoms with Crippen molar-refractivity contribution in [2.45, 2.75) is 27.3 Å². The van der Waals surface area contributed by atoms with Gasteiger partial charge in [-0.2, -0.15) is 5.10 Å². The minimum Gasteiger partial charge on any atom is -0.467 e. The number of nitrogens with zero attached hydrogens (tertiary/aromatic N) is 3. The van der Waals surface area contributed by atoms with Gasteiger partial charge in [0.05, 0.1) is 35.1 Å². The van der Waals surface area contributed by atoms with Crippen molar-refractivity contribution in [2.75, 3.05) is 0 Å². The number of pyridine rings is 1. The Morgan fingerprint density at radius 3 is 2.63 bits per heavy atom. The molecule has 0 aliphatic carbocycles. The normalized spacial score (nSPS) is 11.1. The molecule has 3 aromatic heterocycles. The van der Waals surface area contributed by atoms with Crippen LogP contribution in [0.4, 0.5) is 0 Å². The maximum absolute atomic E-state index is 12.8. The van der Waals surface area contributed by atoms with E-state index in [2.05, 4.69) is 15.4 Å². The van der Waals surface area contributed by atoms with Gasteiger partial charge >= 0.3 is 0 Å². The van der Waals surface area contributed by atoms with Crippen LogP contribution in [0, 0.1) is 20.8 Å². The van der Waals surface area contributed by atoms with E-state index in [0.29, 0.717) is 23.5 Å². The van der Waals surface area contributed by atoms with Gasteiger partial charge in [-0.15, -0.1) is 0 Å². The topological polar surface area (TPSA) is 73.0 Å². The van der Waals surface area contributed by atoms with Crippen LogP contribution in [0.15, 0.2) is 53.1 Å². The van der Waals surface area contributed by atoms with Gasteiger partial charge in [0.2, 0.25) is 0 Å². The van der Waals surface area contributed by atoms with E-state index in [1.54, 1.807) is 23.1 Å². The Balaban J connectivity index is 1.77. The lowest BCUT2D eigenvalue weighted by Gasteiger charge is -2.08. The average molecular weight is 360 g/mol. The molecule has 0 saturated heterocycles. The van der Waals surface area contributed by atoms with Crippen LogP contribution in [-0.2, 0) is 6.54 Å². The number of carbonyl (C=O) groups is 1. The zero-order valence-corrected chi connectivity index (χ0v) is 15.5. The molecule has 4 aromatic rings. The van der Waals surface area contributed by atoms with E-state index in [4.69, 9.17) is 4.42 Å². The number of rotatable bonds is 4. The van der Waals surface area contributed by atoms with Gasteiger partial charge in [0.15, 0.2) is 5.65 Å². The second kappa shape index (κ2) is 6.72. The summed E-state index contributed by atoms with van der Waals surface area (Å²) in [5, 5.41) is 8.31. The molecule has 6 heteroatoms. The zero-order chi connectivity index (χ0) is 19.0. The summed E-state index contributed by atoms with van der Waals surface area (Å²) in [4.78, 5) is 17.5. The Morgan fingerprint density at radius 2 is 1.93 bits per heavy atom. The van der Waals surface area contributed by atoms with Gasteiger partial charge in [-0.05, 0) is 51.1 Å². The molecule has 0 bridgehead atoms. The summed E-state index contributed by atoms with van der Waals surface area (Å²) in [6, 6.07) is 13.5. The molecule has 0 radical (unpaired) electrons. The zero-order valence-electron chi connectivity index (χ0n) is 15.5. The molecule has 0 spiro atoms. The lowest BCUT2D eigenvalue weighted by molar-refractivity contribution is 0.0949. The molecule has 0 saturated carbocycles. The van der Waals surface area contributed by atoms with Crippen LogP contribution in [-0.4, -0.2) is 20.7 Å². The molecule has 0 aliphatic rings. The Hall–Kier alpha value is -3.41. The molecule has 27 heavy (non-hydrogen) atoms. The Morgan fingerprint density at radius 1 is 1.15 bits per heavy atom. The summed E-state index contributed by atoms with van der Waals surface area (Å²) in [5.74, 6) is 0.533. The van der Waals surface area contributed by atoms with E-state index in [-0.39, 0.29) is 5.91 Å². The monoisotopic (exact) mass is 360 g/mol. The number of fused-ring (bicyclic) bond motifs is 1. The van der Waals surface area contributed by atoms with Gasteiger partial charge < -0.3 is 9.73 Å². The number of amides is 1. The molecule has 6 nitrogen and oxygen atoms in total. The predicted molar refractivity (Wildman–Crippen MR) is 103 cm³/mol. The third-order valence-electron chi connectivity index (χ3n) is 4.47. The molecule has 0 aliphatic heterocycles. The van der Waals surface area contributed by atoms with Crippen molar-refractivity contribution in [1.82, 2.24) is 20.1 Å². The SMILES string of the molecule is Cc1ccc(-n2nc(C)c3c(C(=O)NCc4ccco4)cc(C)nc32)cc1. The van der Waals surface area contributed by atoms with Gasteiger partial charge in [0, 0.05) is 5.69 Å². The van der Waals surface area contributed by atoms with Crippen molar-refractivity contribution in [3.05, 3.63) is 77.0 Å². The smallest absolute Gasteiger partial charge is 0.252 e.